The molecule has 2 saturated carbocycles. The van der Waals surface area contributed by atoms with E-state index in [0.717, 1.165) is 17.7 Å². The Bertz CT molecular complexity index is 471. The van der Waals surface area contributed by atoms with Crippen LogP contribution < -0.4 is 11.1 Å². The number of hydrogen-bond acceptors (Lipinski definition) is 3. The third kappa shape index (κ3) is 4.40. The van der Waals surface area contributed by atoms with Gasteiger partial charge in [0.25, 0.3) is 0 Å². The Kier molecular flexibility index (Phi) is 6.60. The van der Waals surface area contributed by atoms with Crippen molar-refractivity contribution in [2.24, 2.45) is 17.6 Å². The van der Waals surface area contributed by atoms with Gasteiger partial charge in [0.1, 0.15) is 0 Å². The molecule has 0 saturated heterocycles. The molecular formula is C17H25ClN2OS. The highest BCUT2D eigenvalue weighted by molar-refractivity contribution is 8.00. The van der Waals surface area contributed by atoms with Gasteiger partial charge in [-0.05, 0) is 49.7 Å². The molecule has 2 aliphatic rings. The third-order valence-corrected chi connectivity index (χ3v) is 5.83. The molecule has 5 heteroatoms. The lowest BCUT2D eigenvalue weighted by Crippen LogP contribution is -2.54. The summed E-state index contributed by atoms with van der Waals surface area (Å²) in [5.41, 5.74) is 6.14. The molecule has 0 radical (unpaired) electrons. The second-order valence-corrected chi connectivity index (χ2v) is 7.43. The number of nitrogens with one attached hydrogen (secondary N) is 1. The van der Waals surface area contributed by atoms with Crippen molar-refractivity contribution in [3.8, 4) is 0 Å². The number of hydrogen-bond donors (Lipinski definition) is 2. The molecular weight excluding hydrogens is 316 g/mol. The summed E-state index contributed by atoms with van der Waals surface area (Å²) in [6.45, 7) is 0. The molecule has 2 bridgehead atoms. The van der Waals surface area contributed by atoms with Crippen LogP contribution in [0.15, 0.2) is 35.2 Å². The number of rotatable bonds is 4. The number of carbonyl (C=O) groups is 1. The highest BCUT2D eigenvalue weighted by Crippen LogP contribution is 2.39. The minimum absolute atomic E-state index is 0. The van der Waals surface area contributed by atoms with Crippen LogP contribution in [0.25, 0.3) is 0 Å². The molecule has 22 heavy (non-hydrogen) atoms. The molecule has 3 nitrogen and oxygen atoms in total. The van der Waals surface area contributed by atoms with Crippen LogP contribution in [-0.2, 0) is 4.79 Å². The lowest BCUT2D eigenvalue weighted by atomic mass is 9.67. The molecule has 0 spiro atoms. The van der Waals surface area contributed by atoms with Crippen LogP contribution in [-0.4, -0.2) is 23.7 Å². The predicted octanol–water partition coefficient (Wildman–Crippen LogP) is 3.22. The van der Waals surface area contributed by atoms with Crippen molar-refractivity contribution in [2.45, 2.75) is 49.1 Å². The van der Waals surface area contributed by atoms with E-state index in [9.17, 15) is 4.79 Å². The van der Waals surface area contributed by atoms with E-state index < -0.39 is 0 Å². The normalized spacial score (nSPS) is 30.2. The van der Waals surface area contributed by atoms with E-state index in [-0.39, 0.29) is 18.3 Å². The van der Waals surface area contributed by atoms with E-state index in [4.69, 9.17) is 5.73 Å². The van der Waals surface area contributed by atoms with Crippen LogP contribution in [0, 0.1) is 11.8 Å². The van der Waals surface area contributed by atoms with Crippen molar-refractivity contribution in [1.82, 2.24) is 5.32 Å². The number of benzene rings is 1. The first-order valence-corrected chi connectivity index (χ1v) is 8.93. The molecule has 1 aromatic rings. The number of thioether (sulfide) groups is 1. The van der Waals surface area contributed by atoms with Crippen molar-refractivity contribution < 1.29 is 4.79 Å². The van der Waals surface area contributed by atoms with Gasteiger partial charge in [0.15, 0.2) is 0 Å². The maximum Gasteiger partial charge on any atom is 0.230 e. The topological polar surface area (TPSA) is 55.1 Å². The Morgan fingerprint density at radius 3 is 2.45 bits per heavy atom. The summed E-state index contributed by atoms with van der Waals surface area (Å²) in [5, 5.41) is 3.30. The highest BCUT2D eigenvalue weighted by atomic mass is 35.5. The van der Waals surface area contributed by atoms with E-state index in [1.807, 2.05) is 30.3 Å². The van der Waals surface area contributed by atoms with Gasteiger partial charge in [0.05, 0.1) is 5.75 Å². The van der Waals surface area contributed by atoms with Gasteiger partial charge in [-0.1, -0.05) is 24.6 Å². The van der Waals surface area contributed by atoms with Crippen LogP contribution in [0.2, 0.25) is 0 Å². The molecule has 0 heterocycles. The van der Waals surface area contributed by atoms with Crippen molar-refractivity contribution in [3.05, 3.63) is 30.3 Å². The summed E-state index contributed by atoms with van der Waals surface area (Å²) in [7, 11) is 0. The summed E-state index contributed by atoms with van der Waals surface area (Å²) in [4.78, 5) is 13.4. The molecule has 0 aliphatic heterocycles. The van der Waals surface area contributed by atoms with E-state index in [1.54, 1.807) is 11.8 Å². The van der Waals surface area contributed by atoms with Crippen LogP contribution in [0.3, 0.4) is 0 Å². The minimum Gasteiger partial charge on any atom is -0.352 e. The van der Waals surface area contributed by atoms with Crippen LogP contribution in [0.1, 0.15) is 32.1 Å². The van der Waals surface area contributed by atoms with E-state index in [1.165, 1.54) is 19.3 Å². The molecule has 2 unspecified atom stereocenters. The highest BCUT2D eigenvalue weighted by Gasteiger charge is 2.39. The van der Waals surface area contributed by atoms with Gasteiger partial charge in [0, 0.05) is 17.0 Å². The summed E-state index contributed by atoms with van der Waals surface area (Å²) >= 11 is 1.61. The fraction of sp³-hybridized carbons (Fsp3) is 0.588. The number of halogens is 1. The zero-order chi connectivity index (χ0) is 14.7. The van der Waals surface area contributed by atoms with Crippen molar-refractivity contribution in [1.29, 1.82) is 0 Å². The van der Waals surface area contributed by atoms with Gasteiger partial charge in [-0.2, -0.15) is 0 Å². The zero-order valence-corrected chi connectivity index (χ0v) is 14.4. The second kappa shape index (κ2) is 8.23. The number of nitrogens with two attached hydrogens (primary N) is 1. The summed E-state index contributed by atoms with van der Waals surface area (Å²) < 4.78 is 0. The maximum absolute atomic E-state index is 12.2. The summed E-state index contributed by atoms with van der Waals surface area (Å²) in [5.74, 6) is 1.86. The minimum atomic E-state index is 0. The molecule has 2 aliphatic carbocycles. The van der Waals surface area contributed by atoms with Crippen LogP contribution in [0.5, 0.6) is 0 Å². The molecule has 1 amide bonds. The Hall–Kier alpha value is -0.710. The fourth-order valence-electron chi connectivity index (χ4n) is 3.92. The molecule has 2 atom stereocenters. The Balaban J connectivity index is 0.00000176. The molecule has 3 N–H and O–H groups in total. The molecule has 1 aromatic carbocycles. The smallest absolute Gasteiger partial charge is 0.230 e. The van der Waals surface area contributed by atoms with Crippen LogP contribution >= 0.6 is 24.2 Å². The number of carbonyl (C=O) groups excluding carboxylic acids is 1. The summed E-state index contributed by atoms with van der Waals surface area (Å²) in [6.07, 6.45) is 5.90. The maximum atomic E-state index is 12.2. The zero-order valence-electron chi connectivity index (χ0n) is 12.7. The number of fused-ring (bicyclic) bond motifs is 2. The first kappa shape index (κ1) is 17.6. The van der Waals surface area contributed by atoms with Crippen molar-refractivity contribution in [3.63, 3.8) is 0 Å². The lowest BCUT2D eigenvalue weighted by molar-refractivity contribution is -0.120. The van der Waals surface area contributed by atoms with Gasteiger partial charge < -0.3 is 11.1 Å². The van der Waals surface area contributed by atoms with Gasteiger partial charge in [0.2, 0.25) is 5.91 Å². The van der Waals surface area contributed by atoms with E-state index in [2.05, 4.69) is 5.32 Å². The Labute approximate surface area is 143 Å². The largest absolute Gasteiger partial charge is 0.352 e. The van der Waals surface area contributed by atoms with Gasteiger partial charge in [-0.3, -0.25) is 4.79 Å². The Morgan fingerprint density at radius 2 is 1.82 bits per heavy atom. The lowest BCUT2D eigenvalue weighted by Gasteiger charge is -2.45. The number of amides is 1. The van der Waals surface area contributed by atoms with Crippen molar-refractivity contribution in [2.75, 3.05) is 5.75 Å². The quantitative estimate of drug-likeness (QED) is 0.827. The summed E-state index contributed by atoms with van der Waals surface area (Å²) in [6, 6.07) is 10.8. The predicted molar refractivity (Wildman–Crippen MR) is 94.4 cm³/mol. The van der Waals surface area contributed by atoms with E-state index >= 15 is 0 Å². The first-order chi connectivity index (χ1) is 10.2. The van der Waals surface area contributed by atoms with Gasteiger partial charge in [-0.25, -0.2) is 0 Å². The van der Waals surface area contributed by atoms with Crippen molar-refractivity contribution >= 4 is 30.1 Å². The second-order valence-electron chi connectivity index (χ2n) is 6.38. The molecule has 0 aromatic heterocycles. The van der Waals surface area contributed by atoms with Gasteiger partial charge >= 0.3 is 0 Å². The van der Waals surface area contributed by atoms with Gasteiger partial charge in [-0.15, -0.1) is 24.2 Å². The van der Waals surface area contributed by atoms with E-state index in [0.29, 0.717) is 29.7 Å². The molecule has 2 fully saturated rings. The third-order valence-electron chi connectivity index (χ3n) is 4.82. The molecule has 3 rings (SSSR count). The standard InChI is InChI=1S/C17H24N2OS.ClH/c18-14-9-12-5-4-6-13(10-14)17(12)19-16(20)11-21-15-7-2-1-3-8-15;/h1-3,7-8,12-14,17H,4-6,9-11,18H2,(H,19,20);1H. The average Bonchev–Trinajstić information content (AvgIpc) is 2.47. The monoisotopic (exact) mass is 340 g/mol. The average molecular weight is 341 g/mol. The van der Waals surface area contributed by atoms with Crippen LogP contribution in [0.4, 0.5) is 0 Å². The first-order valence-electron chi connectivity index (χ1n) is 7.95. The fourth-order valence-corrected chi connectivity index (χ4v) is 4.65. The molecule has 122 valence electrons. The Morgan fingerprint density at radius 1 is 1.18 bits per heavy atom. The SMILES string of the molecule is Cl.NC1CC2CCCC(C1)C2NC(=O)CSc1ccccc1.